The van der Waals surface area contributed by atoms with Gasteiger partial charge in [0.05, 0.1) is 16.8 Å². The summed E-state index contributed by atoms with van der Waals surface area (Å²) in [4.78, 5) is 2.45. The van der Waals surface area contributed by atoms with Crippen LogP contribution in [0.1, 0.15) is 25.3 Å². The Morgan fingerprint density at radius 3 is 2.44 bits per heavy atom. The minimum absolute atomic E-state index is 1.01. The summed E-state index contributed by atoms with van der Waals surface area (Å²) in [5.74, 6) is 0. The highest BCUT2D eigenvalue weighted by molar-refractivity contribution is 6.08. The predicted octanol–water partition coefficient (Wildman–Crippen LogP) is 4.12. The van der Waals surface area contributed by atoms with Crippen molar-refractivity contribution in [3.63, 3.8) is 0 Å². The van der Waals surface area contributed by atoms with Gasteiger partial charge in [0, 0.05) is 43.5 Å². The lowest BCUT2D eigenvalue weighted by Gasteiger charge is -2.20. The molecule has 0 atom stereocenters. The van der Waals surface area contributed by atoms with E-state index in [0.29, 0.717) is 0 Å². The van der Waals surface area contributed by atoms with Crippen LogP contribution in [0.2, 0.25) is 0 Å². The number of fused-ring (bicyclic) bond motifs is 1. The van der Waals surface area contributed by atoms with E-state index in [1.807, 2.05) is 12.1 Å². The summed E-state index contributed by atoms with van der Waals surface area (Å²) in [6.07, 6.45) is 4.70. The molecule has 3 aromatic rings. The fourth-order valence-electron chi connectivity index (χ4n) is 3.87. The predicted molar refractivity (Wildman–Crippen MR) is 114 cm³/mol. The van der Waals surface area contributed by atoms with Gasteiger partial charge in [-0.05, 0) is 50.1 Å². The van der Waals surface area contributed by atoms with Crippen LogP contribution in [0.4, 0.5) is 11.4 Å². The van der Waals surface area contributed by atoms with Crippen LogP contribution >= 0.6 is 0 Å². The van der Waals surface area contributed by atoms with Gasteiger partial charge in [-0.3, -0.25) is 5.01 Å². The normalized spacial score (nSPS) is 14.8. The van der Waals surface area contributed by atoms with E-state index in [9.17, 15) is 0 Å². The van der Waals surface area contributed by atoms with Crippen LogP contribution in [-0.4, -0.2) is 25.8 Å². The third-order valence-electron chi connectivity index (χ3n) is 5.42. The van der Waals surface area contributed by atoms with Crippen molar-refractivity contribution in [2.24, 2.45) is 12.1 Å². The van der Waals surface area contributed by atoms with Crippen molar-refractivity contribution in [2.45, 2.75) is 19.8 Å². The van der Waals surface area contributed by atoms with Gasteiger partial charge in [-0.1, -0.05) is 12.1 Å². The highest BCUT2D eigenvalue weighted by atomic mass is 15.4. The minimum atomic E-state index is 1.01. The Labute approximate surface area is 161 Å². The Hall–Kier alpha value is -2.88. The first-order valence-corrected chi connectivity index (χ1v) is 9.65. The SMILES string of the molecule is CC(=NN(C)c1ccc(N2CCCC2)cc1)c1cc[n+](C)c2ccccc12. The number of benzene rings is 2. The van der Waals surface area contributed by atoms with Gasteiger partial charge in [0.25, 0.3) is 0 Å². The van der Waals surface area contributed by atoms with E-state index >= 15 is 0 Å². The van der Waals surface area contributed by atoms with Gasteiger partial charge in [0.1, 0.15) is 7.05 Å². The van der Waals surface area contributed by atoms with Crippen LogP contribution in [0.15, 0.2) is 65.9 Å². The second-order valence-corrected chi connectivity index (χ2v) is 7.28. The maximum atomic E-state index is 4.85. The zero-order valence-corrected chi connectivity index (χ0v) is 16.4. The van der Waals surface area contributed by atoms with Gasteiger partial charge < -0.3 is 4.90 Å². The van der Waals surface area contributed by atoms with Crippen molar-refractivity contribution in [3.05, 3.63) is 66.4 Å². The largest absolute Gasteiger partial charge is 0.372 e. The Morgan fingerprint density at radius 2 is 1.70 bits per heavy atom. The van der Waals surface area contributed by atoms with E-state index < -0.39 is 0 Å². The van der Waals surface area contributed by atoms with Gasteiger partial charge in [-0.15, -0.1) is 0 Å². The molecule has 0 spiro atoms. The average Bonchev–Trinajstić information content (AvgIpc) is 3.23. The molecule has 2 aromatic carbocycles. The summed E-state index contributed by atoms with van der Waals surface area (Å²) < 4.78 is 2.15. The van der Waals surface area contributed by atoms with E-state index in [4.69, 9.17) is 5.10 Å². The smallest absolute Gasteiger partial charge is 0.212 e. The van der Waals surface area contributed by atoms with Crippen molar-refractivity contribution in [1.29, 1.82) is 0 Å². The molecule has 1 aliphatic heterocycles. The number of hydrogen-bond acceptors (Lipinski definition) is 3. The maximum absolute atomic E-state index is 4.85. The highest BCUT2D eigenvalue weighted by Crippen LogP contribution is 2.24. The Bertz CT molecular complexity index is 969. The molecule has 0 aliphatic carbocycles. The summed E-state index contributed by atoms with van der Waals surface area (Å²) in [6, 6.07) is 19.3. The minimum Gasteiger partial charge on any atom is -0.372 e. The maximum Gasteiger partial charge on any atom is 0.212 e. The Morgan fingerprint density at radius 1 is 1.00 bits per heavy atom. The van der Waals surface area contributed by atoms with E-state index in [0.717, 1.165) is 11.4 Å². The number of pyridine rings is 1. The quantitative estimate of drug-likeness (QED) is 0.397. The molecule has 27 heavy (non-hydrogen) atoms. The number of hydrogen-bond donors (Lipinski definition) is 0. The van der Waals surface area contributed by atoms with Crippen molar-refractivity contribution >= 4 is 28.0 Å². The molecule has 4 nitrogen and oxygen atoms in total. The zero-order valence-electron chi connectivity index (χ0n) is 16.4. The van der Waals surface area contributed by atoms with Crippen LogP contribution in [0, 0.1) is 0 Å². The molecule has 4 heteroatoms. The molecule has 0 unspecified atom stereocenters. The fraction of sp³-hybridized carbons (Fsp3) is 0.304. The summed E-state index contributed by atoms with van der Waals surface area (Å²) >= 11 is 0. The van der Waals surface area contributed by atoms with Crippen LogP contribution in [0.3, 0.4) is 0 Å². The van der Waals surface area contributed by atoms with Gasteiger partial charge in [0.15, 0.2) is 6.20 Å². The molecule has 0 amide bonds. The Kier molecular flexibility index (Phi) is 4.80. The van der Waals surface area contributed by atoms with Crippen molar-refractivity contribution in [3.8, 4) is 0 Å². The third-order valence-corrected chi connectivity index (χ3v) is 5.42. The third kappa shape index (κ3) is 3.52. The molecule has 0 N–H and O–H groups in total. The number of aryl methyl sites for hydroxylation is 1. The summed E-state index contributed by atoms with van der Waals surface area (Å²) in [5.41, 5.74) is 5.80. The molecular formula is C23H27N4+. The van der Waals surface area contributed by atoms with Crippen LogP contribution in [-0.2, 0) is 7.05 Å². The topological polar surface area (TPSA) is 22.7 Å². The van der Waals surface area contributed by atoms with Crippen molar-refractivity contribution in [2.75, 3.05) is 30.0 Å². The lowest BCUT2D eigenvalue weighted by atomic mass is 10.1. The average molecular weight is 359 g/mol. The van der Waals surface area contributed by atoms with Crippen molar-refractivity contribution < 1.29 is 4.57 Å². The van der Waals surface area contributed by atoms with Gasteiger partial charge in [-0.25, -0.2) is 4.57 Å². The number of para-hydroxylation sites is 1. The molecular weight excluding hydrogens is 332 g/mol. The molecule has 4 rings (SSSR count). The number of nitrogens with zero attached hydrogens (tertiary/aromatic N) is 4. The van der Waals surface area contributed by atoms with E-state index in [1.165, 1.54) is 48.1 Å². The molecule has 138 valence electrons. The second-order valence-electron chi connectivity index (χ2n) is 7.28. The first-order chi connectivity index (χ1) is 13.1. The highest BCUT2D eigenvalue weighted by Gasteiger charge is 2.13. The molecule has 0 saturated carbocycles. The summed E-state index contributed by atoms with van der Waals surface area (Å²) in [6.45, 7) is 4.42. The van der Waals surface area contributed by atoms with E-state index in [-0.39, 0.29) is 0 Å². The first kappa shape index (κ1) is 17.5. The fourth-order valence-corrected chi connectivity index (χ4v) is 3.87. The van der Waals surface area contributed by atoms with Gasteiger partial charge >= 0.3 is 0 Å². The lowest BCUT2D eigenvalue weighted by Crippen LogP contribution is -2.29. The monoisotopic (exact) mass is 359 g/mol. The standard InChI is InChI=1S/C23H27N4/c1-18(21-14-17-25(2)23-9-5-4-8-22(21)23)24-26(3)19-10-12-20(13-11-19)27-15-6-7-16-27/h4-5,8-14,17H,6-7,15-16H2,1-3H3/q+1. The van der Waals surface area contributed by atoms with Crippen LogP contribution in [0.5, 0.6) is 0 Å². The summed E-state index contributed by atoms with van der Waals surface area (Å²) in [5, 5.41) is 8.04. The second kappa shape index (κ2) is 7.39. The molecule has 2 heterocycles. The first-order valence-electron chi connectivity index (χ1n) is 9.65. The van der Waals surface area contributed by atoms with Crippen LogP contribution in [0.25, 0.3) is 10.9 Å². The molecule has 1 fully saturated rings. The van der Waals surface area contributed by atoms with Crippen molar-refractivity contribution in [1.82, 2.24) is 0 Å². The molecule has 1 aromatic heterocycles. The van der Waals surface area contributed by atoms with Gasteiger partial charge in [-0.2, -0.15) is 5.10 Å². The molecule has 1 aliphatic rings. The number of anilines is 2. The number of hydrazone groups is 1. The molecule has 0 bridgehead atoms. The zero-order chi connectivity index (χ0) is 18.8. The molecule has 0 radical (unpaired) electrons. The van der Waals surface area contributed by atoms with Crippen LogP contribution < -0.4 is 14.5 Å². The molecule has 1 saturated heterocycles. The number of aromatic nitrogens is 1. The van der Waals surface area contributed by atoms with Gasteiger partial charge in [0.2, 0.25) is 5.52 Å². The van der Waals surface area contributed by atoms with E-state index in [2.05, 4.69) is 84.2 Å². The lowest BCUT2D eigenvalue weighted by molar-refractivity contribution is -0.644. The Balaban J connectivity index is 1.60. The van der Waals surface area contributed by atoms with E-state index in [1.54, 1.807) is 0 Å². The number of rotatable bonds is 4. The summed E-state index contributed by atoms with van der Waals surface area (Å²) in [7, 11) is 4.09.